The molecule has 1 atom stereocenters. The number of piperidine rings is 1. The van der Waals surface area contributed by atoms with Crippen LogP contribution >= 0.6 is 11.3 Å². The van der Waals surface area contributed by atoms with Crippen molar-refractivity contribution >= 4 is 17.2 Å². The Bertz CT molecular complexity index is 951. The van der Waals surface area contributed by atoms with Crippen LogP contribution in [0.1, 0.15) is 46.2 Å². The summed E-state index contributed by atoms with van der Waals surface area (Å²) < 4.78 is 7.60. The second-order valence-corrected chi connectivity index (χ2v) is 7.85. The lowest BCUT2D eigenvalue weighted by Gasteiger charge is -2.33. The Labute approximate surface area is 168 Å². The minimum Gasteiger partial charge on any atom is -0.496 e. The third-order valence-corrected chi connectivity index (χ3v) is 5.94. The van der Waals surface area contributed by atoms with Gasteiger partial charge in [-0.15, -0.1) is 11.3 Å². The zero-order chi connectivity index (χ0) is 19.5. The van der Waals surface area contributed by atoms with Crippen molar-refractivity contribution in [2.75, 3.05) is 20.2 Å². The van der Waals surface area contributed by atoms with Crippen LogP contribution in [0.2, 0.25) is 0 Å². The minimum absolute atomic E-state index is 0.0391. The van der Waals surface area contributed by atoms with Gasteiger partial charge < -0.3 is 14.2 Å². The number of hydrogen-bond acceptors (Lipinski definition) is 5. The smallest absolute Gasteiger partial charge is 0.257 e. The molecule has 0 unspecified atom stereocenters. The summed E-state index contributed by atoms with van der Waals surface area (Å²) in [5, 5.41) is 2.06. The molecular weight excluding hydrogens is 372 g/mol. The van der Waals surface area contributed by atoms with Crippen molar-refractivity contribution in [3.8, 4) is 5.75 Å². The van der Waals surface area contributed by atoms with E-state index >= 15 is 0 Å². The van der Waals surface area contributed by atoms with E-state index in [9.17, 15) is 4.79 Å². The van der Waals surface area contributed by atoms with Crippen LogP contribution in [0.3, 0.4) is 0 Å². The molecular formula is C21H24N4O2S. The van der Waals surface area contributed by atoms with E-state index in [1.807, 2.05) is 47.9 Å². The highest BCUT2D eigenvalue weighted by molar-refractivity contribution is 7.07. The van der Waals surface area contributed by atoms with Gasteiger partial charge in [0.05, 0.1) is 30.4 Å². The van der Waals surface area contributed by atoms with Gasteiger partial charge in [0.25, 0.3) is 5.91 Å². The maximum atomic E-state index is 13.3. The Morgan fingerprint density at radius 1 is 1.36 bits per heavy atom. The molecule has 0 saturated carbocycles. The Kier molecular flexibility index (Phi) is 5.43. The van der Waals surface area contributed by atoms with E-state index in [0.717, 1.165) is 43.0 Å². The van der Waals surface area contributed by atoms with E-state index in [4.69, 9.17) is 4.74 Å². The maximum Gasteiger partial charge on any atom is 0.257 e. The SMILES string of the molecule is COc1cccc(C)c1C(=O)N1CCC[C@H](c2nccn2Cc2cscn2)C1. The summed E-state index contributed by atoms with van der Waals surface area (Å²) in [6, 6.07) is 5.72. The van der Waals surface area contributed by atoms with Gasteiger partial charge in [0.2, 0.25) is 0 Å². The van der Waals surface area contributed by atoms with Gasteiger partial charge in [0.1, 0.15) is 11.6 Å². The molecule has 3 heterocycles. The number of aromatic nitrogens is 3. The second-order valence-electron chi connectivity index (χ2n) is 7.14. The molecule has 2 aromatic heterocycles. The van der Waals surface area contributed by atoms with Crippen LogP contribution < -0.4 is 4.74 Å². The molecule has 1 saturated heterocycles. The number of methoxy groups -OCH3 is 1. The number of thiazole rings is 1. The lowest BCUT2D eigenvalue weighted by Crippen LogP contribution is -2.40. The highest BCUT2D eigenvalue weighted by atomic mass is 32.1. The zero-order valence-corrected chi connectivity index (χ0v) is 17.0. The van der Waals surface area contributed by atoms with E-state index in [0.29, 0.717) is 17.9 Å². The van der Waals surface area contributed by atoms with Gasteiger partial charge in [-0.3, -0.25) is 4.79 Å². The number of likely N-dealkylation sites (tertiary alicyclic amines) is 1. The van der Waals surface area contributed by atoms with Crippen molar-refractivity contribution in [1.29, 1.82) is 0 Å². The standard InChI is InChI=1S/C21H24N4O2S/c1-15-5-3-7-18(27-2)19(15)21(26)25-9-4-6-16(11-25)20-22-8-10-24(20)12-17-13-28-14-23-17/h3,5,7-8,10,13-14,16H,4,6,9,11-12H2,1-2H3/t16-/m0/s1. The molecule has 0 bridgehead atoms. The number of imidazole rings is 1. The summed E-state index contributed by atoms with van der Waals surface area (Å²) in [6.07, 6.45) is 5.84. The Balaban J connectivity index is 1.55. The molecule has 1 aliphatic heterocycles. The number of aryl methyl sites for hydroxylation is 1. The Hall–Kier alpha value is -2.67. The lowest BCUT2D eigenvalue weighted by molar-refractivity contribution is 0.0699. The third kappa shape index (κ3) is 3.67. The van der Waals surface area contributed by atoms with E-state index in [1.165, 1.54) is 0 Å². The van der Waals surface area contributed by atoms with E-state index in [2.05, 4.69) is 19.9 Å². The van der Waals surface area contributed by atoms with Crippen molar-refractivity contribution in [2.24, 2.45) is 0 Å². The zero-order valence-electron chi connectivity index (χ0n) is 16.2. The molecule has 7 heteroatoms. The van der Waals surface area contributed by atoms with Gasteiger partial charge in [-0.25, -0.2) is 9.97 Å². The molecule has 1 fully saturated rings. The largest absolute Gasteiger partial charge is 0.496 e. The first-order valence-electron chi connectivity index (χ1n) is 9.48. The predicted octanol–water partition coefficient (Wildman–Crippen LogP) is 3.72. The number of benzene rings is 1. The summed E-state index contributed by atoms with van der Waals surface area (Å²) >= 11 is 1.60. The van der Waals surface area contributed by atoms with Crippen molar-refractivity contribution in [3.05, 3.63) is 64.1 Å². The van der Waals surface area contributed by atoms with Gasteiger partial charge in [-0.2, -0.15) is 0 Å². The molecule has 28 heavy (non-hydrogen) atoms. The normalized spacial score (nSPS) is 16.9. The van der Waals surface area contributed by atoms with E-state index in [-0.39, 0.29) is 11.8 Å². The topological polar surface area (TPSA) is 60.2 Å². The average molecular weight is 397 g/mol. The number of ether oxygens (including phenoxy) is 1. The van der Waals surface area contributed by atoms with Crippen LogP contribution in [0.25, 0.3) is 0 Å². The minimum atomic E-state index is 0.0391. The van der Waals surface area contributed by atoms with Crippen LogP contribution in [0, 0.1) is 6.92 Å². The van der Waals surface area contributed by atoms with Crippen LogP contribution in [0.15, 0.2) is 41.5 Å². The Morgan fingerprint density at radius 3 is 3.04 bits per heavy atom. The van der Waals surface area contributed by atoms with Gasteiger partial charge in [0, 0.05) is 36.8 Å². The van der Waals surface area contributed by atoms with E-state index < -0.39 is 0 Å². The lowest BCUT2D eigenvalue weighted by atomic mass is 9.95. The molecule has 3 aromatic rings. The average Bonchev–Trinajstić information content (AvgIpc) is 3.40. The number of carbonyl (C=O) groups is 1. The first-order chi connectivity index (χ1) is 13.7. The summed E-state index contributed by atoms with van der Waals surface area (Å²) in [7, 11) is 1.61. The predicted molar refractivity (Wildman–Crippen MR) is 109 cm³/mol. The first-order valence-corrected chi connectivity index (χ1v) is 10.4. The molecule has 0 radical (unpaired) electrons. The Morgan fingerprint density at radius 2 is 2.25 bits per heavy atom. The van der Waals surface area contributed by atoms with Crippen LogP contribution in [-0.2, 0) is 6.54 Å². The van der Waals surface area contributed by atoms with Crippen molar-refractivity contribution in [2.45, 2.75) is 32.2 Å². The maximum absolute atomic E-state index is 13.3. The van der Waals surface area contributed by atoms with E-state index in [1.54, 1.807) is 18.4 Å². The van der Waals surface area contributed by atoms with Crippen molar-refractivity contribution in [3.63, 3.8) is 0 Å². The molecule has 0 N–H and O–H groups in total. The molecule has 4 rings (SSSR count). The molecule has 6 nitrogen and oxygen atoms in total. The fourth-order valence-electron chi connectivity index (χ4n) is 3.92. The molecule has 1 aromatic carbocycles. The summed E-state index contributed by atoms with van der Waals surface area (Å²) in [5.74, 6) is 1.93. The number of hydrogen-bond donors (Lipinski definition) is 0. The van der Waals surface area contributed by atoms with Crippen molar-refractivity contribution in [1.82, 2.24) is 19.4 Å². The quantitative estimate of drug-likeness (QED) is 0.659. The monoisotopic (exact) mass is 396 g/mol. The van der Waals surface area contributed by atoms with Crippen LogP contribution in [0.5, 0.6) is 5.75 Å². The van der Waals surface area contributed by atoms with Crippen molar-refractivity contribution < 1.29 is 9.53 Å². The fourth-order valence-corrected chi connectivity index (χ4v) is 4.47. The summed E-state index contributed by atoms with van der Waals surface area (Å²) in [6.45, 7) is 4.11. The highest BCUT2D eigenvalue weighted by Crippen LogP contribution is 2.30. The van der Waals surface area contributed by atoms with Gasteiger partial charge in [0.15, 0.2) is 0 Å². The molecule has 1 aliphatic rings. The second kappa shape index (κ2) is 8.14. The highest BCUT2D eigenvalue weighted by Gasteiger charge is 2.30. The van der Waals surface area contributed by atoms with Crippen LogP contribution in [0.4, 0.5) is 0 Å². The molecule has 1 amide bonds. The molecule has 0 spiro atoms. The molecule has 0 aliphatic carbocycles. The van der Waals surface area contributed by atoms with Gasteiger partial charge in [-0.1, -0.05) is 12.1 Å². The first kappa shape index (κ1) is 18.7. The number of nitrogens with zero attached hydrogens (tertiary/aromatic N) is 4. The summed E-state index contributed by atoms with van der Waals surface area (Å²) in [4.78, 5) is 24.2. The fraction of sp³-hybridized carbons (Fsp3) is 0.381. The van der Waals surface area contributed by atoms with Crippen LogP contribution in [-0.4, -0.2) is 45.5 Å². The number of rotatable bonds is 5. The summed E-state index contributed by atoms with van der Waals surface area (Å²) in [5.41, 5.74) is 4.49. The number of carbonyl (C=O) groups excluding carboxylic acids is 1. The number of amides is 1. The molecule has 146 valence electrons. The van der Waals surface area contributed by atoms with Gasteiger partial charge in [-0.05, 0) is 31.4 Å². The third-order valence-electron chi connectivity index (χ3n) is 5.31. The van der Waals surface area contributed by atoms with Gasteiger partial charge >= 0.3 is 0 Å².